The quantitative estimate of drug-likeness (QED) is 0.663. The number of phenols is 1. The van der Waals surface area contributed by atoms with Crippen molar-refractivity contribution in [1.29, 1.82) is 0 Å². The molecule has 1 atom stereocenters. The van der Waals surface area contributed by atoms with Gasteiger partial charge in [0.1, 0.15) is 17.0 Å². The maximum Gasteiger partial charge on any atom is 0.269 e. The summed E-state index contributed by atoms with van der Waals surface area (Å²) in [5.41, 5.74) is 1.33. The van der Waals surface area contributed by atoms with E-state index in [0.717, 1.165) is 5.39 Å². The Bertz CT molecular complexity index is 891. The lowest BCUT2D eigenvalue weighted by Gasteiger charge is -2.25. The highest BCUT2D eigenvalue weighted by molar-refractivity contribution is 5.93. The number of fused-ring (bicyclic) bond motifs is 1. The summed E-state index contributed by atoms with van der Waals surface area (Å²) in [4.78, 5) is 16.7. The third kappa shape index (κ3) is 3.13. The Labute approximate surface area is 145 Å². The van der Waals surface area contributed by atoms with Gasteiger partial charge in [-0.2, -0.15) is 5.10 Å². The zero-order chi connectivity index (χ0) is 18.0. The first-order chi connectivity index (χ1) is 12.0. The van der Waals surface area contributed by atoms with Gasteiger partial charge in [-0.1, -0.05) is 19.9 Å². The van der Waals surface area contributed by atoms with Crippen LogP contribution in [0.4, 0.5) is 0 Å². The first kappa shape index (κ1) is 16.8. The minimum atomic E-state index is -0.461. The normalized spacial score (nSPS) is 12.3. The predicted octanol–water partition coefficient (Wildman–Crippen LogP) is 2.80. The van der Waals surface area contributed by atoms with Crippen molar-refractivity contribution in [3.8, 4) is 11.5 Å². The molecular weight excluding hydrogens is 320 g/mol. The fourth-order valence-electron chi connectivity index (χ4n) is 2.84. The highest BCUT2D eigenvalue weighted by Gasteiger charge is 2.27. The van der Waals surface area contributed by atoms with Crippen LogP contribution in [-0.2, 0) is 0 Å². The van der Waals surface area contributed by atoms with Crippen LogP contribution in [0.15, 0.2) is 36.7 Å². The fraction of sp³-hybridized carbons (Fsp3) is 0.278. The molecule has 1 amide bonds. The molecule has 0 aliphatic carbocycles. The Hall–Kier alpha value is -3.09. The van der Waals surface area contributed by atoms with Gasteiger partial charge in [-0.3, -0.25) is 14.9 Å². The van der Waals surface area contributed by atoms with Crippen molar-refractivity contribution in [2.75, 3.05) is 7.11 Å². The molecule has 0 saturated heterocycles. The van der Waals surface area contributed by atoms with Crippen molar-refractivity contribution in [2.24, 2.45) is 5.92 Å². The Balaban J connectivity index is 2.09. The Morgan fingerprint density at radius 3 is 2.76 bits per heavy atom. The average molecular weight is 340 g/mol. The van der Waals surface area contributed by atoms with E-state index < -0.39 is 6.04 Å². The van der Waals surface area contributed by atoms with Crippen LogP contribution >= 0.6 is 0 Å². The largest absolute Gasteiger partial charge is 0.505 e. The number of aromatic nitrogens is 3. The zero-order valence-corrected chi connectivity index (χ0v) is 14.3. The molecule has 7 heteroatoms. The number of carbonyl (C=O) groups is 1. The van der Waals surface area contributed by atoms with Crippen molar-refractivity contribution in [3.63, 3.8) is 0 Å². The number of rotatable bonds is 5. The number of carbonyl (C=O) groups excluding carboxylic acids is 1. The van der Waals surface area contributed by atoms with E-state index in [-0.39, 0.29) is 17.6 Å². The van der Waals surface area contributed by atoms with E-state index >= 15 is 0 Å². The molecule has 0 aliphatic rings. The number of phenolic OH excluding ortho intramolecular Hbond substituents is 1. The van der Waals surface area contributed by atoms with E-state index in [1.807, 2.05) is 26.0 Å². The SMILES string of the molecule is COc1cc2cccnc2c(O)c1C(NC(=O)c1ccn[nH]1)C(C)C. The zero-order valence-electron chi connectivity index (χ0n) is 14.3. The number of aromatic hydroxyl groups is 1. The lowest BCUT2D eigenvalue weighted by atomic mass is 9.92. The average Bonchev–Trinajstić information content (AvgIpc) is 3.14. The molecule has 0 fully saturated rings. The van der Waals surface area contributed by atoms with Gasteiger partial charge in [0.25, 0.3) is 5.91 Å². The van der Waals surface area contributed by atoms with Gasteiger partial charge in [-0.05, 0) is 24.1 Å². The molecule has 7 nitrogen and oxygen atoms in total. The minimum absolute atomic E-state index is 0.00725. The molecule has 2 heterocycles. The van der Waals surface area contributed by atoms with E-state index in [9.17, 15) is 9.90 Å². The molecule has 0 spiro atoms. The Kier molecular flexibility index (Phi) is 4.56. The Morgan fingerprint density at radius 1 is 1.32 bits per heavy atom. The van der Waals surface area contributed by atoms with Gasteiger partial charge in [0.05, 0.1) is 18.7 Å². The highest BCUT2D eigenvalue weighted by atomic mass is 16.5. The number of nitrogens with one attached hydrogen (secondary N) is 2. The van der Waals surface area contributed by atoms with Gasteiger partial charge >= 0.3 is 0 Å². The number of amides is 1. The lowest BCUT2D eigenvalue weighted by Crippen LogP contribution is -2.32. The van der Waals surface area contributed by atoms with Crippen LogP contribution in [0.2, 0.25) is 0 Å². The number of H-pyrrole nitrogens is 1. The second-order valence-corrected chi connectivity index (χ2v) is 6.08. The molecule has 130 valence electrons. The molecule has 0 aliphatic heterocycles. The first-order valence-corrected chi connectivity index (χ1v) is 7.97. The van der Waals surface area contributed by atoms with Crippen LogP contribution in [-0.4, -0.2) is 33.3 Å². The predicted molar refractivity (Wildman–Crippen MR) is 93.6 cm³/mol. The second kappa shape index (κ2) is 6.80. The summed E-state index contributed by atoms with van der Waals surface area (Å²) in [6, 6.07) is 6.58. The van der Waals surface area contributed by atoms with E-state index in [0.29, 0.717) is 22.5 Å². The van der Waals surface area contributed by atoms with Crippen LogP contribution in [0.5, 0.6) is 11.5 Å². The summed E-state index contributed by atoms with van der Waals surface area (Å²) < 4.78 is 5.48. The van der Waals surface area contributed by atoms with Gasteiger partial charge in [0, 0.05) is 17.8 Å². The maximum absolute atomic E-state index is 12.4. The van der Waals surface area contributed by atoms with Crippen LogP contribution in [0.1, 0.15) is 35.9 Å². The van der Waals surface area contributed by atoms with E-state index in [4.69, 9.17) is 4.74 Å². The third-order valence-corrected chi connectivity index (χ3v) is 4.10. The minimum Gasteiger partial charge on any atom is -0.505 e. The number of nitrogens with zero attached hydrogens (tertiary/aromatic N) is 2. The van der Waals surface area contributed by atoms with Crippen LogP contribution in [0.25, 0.3) is 10.9 Å². The van der Waals surface area contributed by atoms with E-state index in [2.05, 4.69) is 20.5 Å². The fourth-order valence-corrected chi connectivity index (χ4v) is 2.84. The summed E-state index contributed by atoms with van der Waals surface area (Å²) in [7, 11) is 1.54. The smallest absolute Gasteiger partial charge is 0.269 e. The number of hydrogen-bond donors (Lipinski definition) is 3. The number of pyridine rings is 1. The monoisotopic (exact) mass is 340 g/mol. The van der Waals surface area contributed by atoms with Crippen molar-refractivity contribution in [2.45, 2.75) is 19.9 Å². The molecule has 2 aromatic heterocycles. The summed E-state index contributed by atoms with van der Waals surface area (Å²) in [6.07, 6.45) is 3.13. The van der Waals surface area contributed by atoms with E-state index in [1.54, 1.807) is 18.3 Å². The number of aromatic amines is 1. The standard InChI is InChI=1S/C18H20N4O3/c1-10(2)15(21-18(24)12-6-8-20-22-12)14-13(25-3)9-11-5-4-7-19-16(11)17(14)23/h4-10,15,23H,1-3H3,(H,20,22)(H,21,24). The molecule has 1 unspecified atom stereocenters. The van der Waals surface area contributed by atoms with Gasteiger partial charge < -0.3 is 15.2 Å². The van der Waals surface area contributed by atoms with Crippen molar-refractivity contribution in [3.05, 3.63) is 47.9 Å². The van der Waals surface area contributed by atoms with Crippen LogP contribution in [0.3, 0.4) is 0 Å². The highest BCUT2D eigenvalue weighted by Crippen LogP contribution is 2.41. The van der Waals surface area contributed by atoms with Crippen LogP contribution < -0.4 is 10.1 Å². The molecule has 0 radical (unpaired) electrons. The molecule has 25 heavy (non-hydrogen) atoms. The molecular formula is C18H20N4O3. The molecule has 0 bridgehead atoms. The van der Waals surface area contributed by atoms with Crippen molar-refractivity contribution < 1.29 is 14.6 Å². The first-order valence-electron chi connectivity index (χ1n) is 7.97. The Morgan fingerprint density at radius 2 is 2.12 bits per heavy atom. The van der Waals surface area contributed by atoms with Gasteiger partial charge in [-0.25, -0.2) is 0 Å². The van der Waals surface area contributed by atoms with Gasteiger partial charge in [0.2, 0.25) is 0 Å². The van der Waals surface area contributed by atoms with Gasteiger partial charge in [0.15, 0.2) is 5.75 Å². The summed E-state index contributed by atoms with van der Waals surface area (Å²) in [6.45, 7) is 3.92. The van der Waals surface area contributed by atoms with E-state index in [1.165, 1.54) is 13.3 Å². The number of hydrogen-bond acceptors (Lipinski definition) is 5. The second-order valence-electron chi connectivity index (χ2n) is 6.08. The summed E-state index contributed by atoms with van der Waals surface area (Å²) in [5.74, 6) is 0.215. The van der Waals surface area contributed by atoms with Gasteiger partial charge in [-0.15, -0.1) is 0 Å². The van der Waals surface area contributed by atoms with Crippen LogP contribution in [0, 0.1) is 5.92 Å². The molecule has 3 N–H and O–H groups in total. The maximum atomic E-state index is 12.4. The molecule has 1 aromatic carbocycles. The van der Waals surface area contributed by atoms with Crippen molar-refractivity contribution >= 4 is 16.8 Å². The number of methoxy groups -OCH3 is 1. The number of benzene rings is 1. The molecule has 3 rings (SSSR count). The third-order valence-electron chi connectivity index (χ3n) is 4.10. The summed E-state index contributed by atoms with van der Waals surface area (Å²) >= 11 is 0. The number of ether oxygens (including phenoxy) is 1. The molecule has 3 aromatic rings. The molecule has 0 saturated carbocycles. The topological polar surface area (TPSA) is 100 Å². The lowest BCUT2D eigenvalue weighted by molar-refractivity contribution is 0.0919. The van der Waals surface area contributed by atoms with Crippen molar-refractivity contribution in [1.82, 2.24) is 20.5 Å². The summed E-state index contributed by atoms with van der Waals surface area (Å²) in [5, 5.41) is 20.9.